The van der Waals surface area contributed by atoms with Crippen molar-refractivity contribution in [2.75, 3.05) is 7.11 Å². The van der Waals surface area contributed by atoms with Crippen molar-refractivity contribution in [1.82, 2.24) is 0 Å². The van der Waals surface area contributed by atoms with Crippen molar-refractivity contribution in [3.8, 4) is 5.75 Å². The predicted octanol–water partition coefficient (Wildman–Crippen LogP) is 4.71. The molecule has 1 unspecified atom stereocenters. The quantitative estimate of drug-likeness (QED) is 0.852. The Bertz CT molecular complexity index is 669. The third kappa shape index (κ3) is 2.54. The van der Waals surface area contributed by atoms with Crippen LogP contribution in [0.15, 0.2) is 16.6 Å². The highest BCUT2D eigenvalue weighted by atomic mass is 79.9. The molecule has 0 bridgehead atoms. The Labute approximate surface area is 137 Å². The van der Waals surface area contributed by atoms with Crippen molar-refractivity contribution in [3.05, 3.63) is 48.6 Å². The van der Waals surface area contributed by atoms with Crippen molar-refractivity contribution in [2.45, 2.75) is 39.2 Å². The standard InChI is InChI=1S/C17H19BrO2S/c1-9-7-12(18)10(2)15(17(9)20-3)16(19)14-8-11-5-4-6-13(11)21-14/h7-8,16,19H,4-6H2,1-3H3. The summed E-state index contributed by atoms with van der Waals surface area (Å²) in [5.41, 5.74) is 4.37. The molecule has 3 rings (SSSR count). The van der Waals surface area contributed by atoms with Gasteiger partial charge in [-0.25, -0.2) is 0 Å². The first-order chi connectivity index (χ1) is 10.0. The monoisotopic (exact) mass is 366 g/mol. The number of aryl methyl sites for hydroxylation is 3. The molecule has 0 saturated heterocycles. The topological polar surface area (TPSA) is 29.5 Å². The Morgan fingerprint density at radius 3 is 2.71 bits per heavy atom. The van der Waals surface area contributed by atoms with Crippen molar-refractivity contribution in [3.63, 3.8) is 0 Å². The van der Waals surface area contributed by atoms with Crippen LogP contribution in [-0.4, -0.2) is 12.2 Å². The highest BCUT2D eigenvalue weighted by molar-refractivity contribution is 9.10. The first kappa shape index (κ1) is 15.1. The summed E-state index contributed by atoms with van der Waals surface area (Å²) in [5, 5.41) is 10.9. The van der Waals surface area contributed by atoms with Crippen molar-refractivity contribution in [1.29, 1.82) is 0 Å². The molecule has 0 spiro atoms. The fourth-order valence-electron chi connectivity index (χ4n) is 3.10. The van der Waals surface area contributed by atoms with Gasteiger partial charge in [0.2, 0.25) is 0 Å². The van der Waals surface area contributed by atoms with Gasteiger partial charge in [0, 0.05) is 19.8 Å². The number of ether oxygens (including phenoxy) is 1. The Hall–Kier alpha value is -0.840. The molecule has 1 aliphatic rings. The van der Waals surface area contributed by atoms with E-state index in [-0.39, 0.29) is 0 Å². The van der Waals surface area contributed by atoms with Crippen LogP contribution in [0.5, 0.6) is 5.75 Å². The largest absolute Gasteiger partial charge is 0.496 e. The van der Waals surface area contributed by atoms with Crippen molar-refractivity contribution >= 4 is 27.3 Å². The van der Waals surface area contributed by atoms with Gasteiger partial charge in [0.05, 0.1) is 7.11 Å². The van der Waals surface area contributed by atoms with Crippen LogP contribution in [0.2, 0.25) is 0 Å². The van der Waals surface area contributed by atoms with E-state index < -0.39 is 6.10 Å². The Balaban J connectivity index is 2.10. The van der Waals surface area contributed by atoms with E-state index in [0.717, 1.165) is 44.6 Å². The summed E-state index contributed by atoms with van der Waals surface area (Å²) in [7, 11) is 1.67. The van der Waals surface area contributed by atoms with Crippen LogP contribution in [0.3, 0.4) is 0 Å². The average Bonchev–Trinajstić information content (AvgIpc) is 3.02. The van der Waals surface area contributed by atoms with Crippen LogP contribution < -0.4 is 4.74 Å². The molecule has 2 aromatic rings. The average molecular weight is 367 g/mol. The first-order valence-corrected chi connectivity index (χ1v) is 8.77. The first-order valence-electron chi connectivity index (χ1n) is 7.16. The molecule has 0 fully saturated rings. The fraction of sp³-hybridized carbons (Fsp3) is 0.412. The third-order valence-corrected chi connectivity index (χ3v) is 6.33. The normalized spacial score (nSPS) is 15.1. The van der Waals surface area contributed by atoms with Crippen molar-refractivity contribution in [2.24, 2.45) is 0 Å². The maximum absolute atomic E-state index is 10.9. The summed E-state index contributed by atoms with van der Waals surface area (Å²) >= 11 is 5.33. The fourth-order valence-corrected chi connectivity index (χ4v) is 4.92. The van der Waals surface area contributed by atoms with E-state index in [2.05, 4.69) is 22.0 Å². The van der Waals surface area contributed by atoms with Gasteiger partial charge >= 0.3 is 0 Å². The summed E-state index contributed by atoms with van der Waals surface area (Å²) in [6, 6.07) is 4.21. The zero-order chi connectivity index (χ0) is 15.1. The van der Waals surface area contributed by atoms with Gasteiger partial charge in [-0.2, -0.15) is 0 Å². The number of methoxy groups -OCH3 is 1. The van der Waals surface area contributed by atoms with Crippen LogP contribution in [0.1, 0.15) is 44.5 Å². The molecular formula is C17H19BrO2S. The molecule has 1 aliphatic carbocycles. The van der Waals surface area contributed by atoms with Gasteiger partial charge in [-0.05, 0) is 61.9 Å². The number of aliphatic hydroxyl groups is 1. The van der Waals surface area contributed by atoms with Crippen LogP contribution in [0.4, 0.5) is 0 Å². The number of benzene rings is 1. The molecule has 0 saturated carbocycles. The summed E-state index contributed by atoms with van der Waals surface area (Å²) in [6.45, 7) is 4.03. The lowest BCUT2D eigenvalue weighted by atomic mass is 9.97. The molecule has 0 radical (unpaired) electrons. The molecule has 1 N–H and O–H groups in total. The number of halogens is 1. The Morgan fingerprint density at radius 2 is 2.05 bits per heavy atom. The minimum Gasteiger partial charge on any atom is -0.496 e. The molecule has 1 aromatic heterocycles. The zero-order valence-electron chi connectivity index (χ0n) is 12.5. The van der Waals surface area contributed by atoms with E-state index in [4.69, 9.17) is 4.74 Å². The predicted molar refractivity (Wildman–Crippen MR) is 90.6 cm³/mol. The van der Waals surface area contributed by atoms with Gasteiger partial charge in [-0.3, -0.25) is 0 Å². The van der Waals surface area contributed by atoms with Crippen LogP contribution in [0.25, 0.3) is 0 Å². The lowest BCUT2D eigenvalue weighted by Gasteiger charge is -2.19. The molecule has 0 aliphatic heterocycles. The van der Waals surface area contributed by atoms with E-state index in [9.17, 15) is 5.11 Å². The molecule has 0 amide bonds. The SMILES string of the molecule is COc1c(C)cc(Br)c(C)c1C(O)c1cc2c(s1)CCC2. The molecule has 1 heterocycles. The lowest BCUT2D eigenvalue weighted by molar-refractivity contribution is 0.217. The molecule has 21 heavy (non-hydrogen) atoms. The van der Waals surface area contributed by atoms with Crippen LogP contribution in [-0.2, 0) is 12.8 Å². The molecule has 1 aromatic carbocycles. The second-order valence-corrected chi connectivity index (χ2v) is 7.62. The van der Waals surface area contributed by atoms with Crippen LogP contribution in [0, 0.1) is 13.8 Å². The number of thiophene rings is 1. The summed E-state index contributed by atoms with van der Waals surface area (Å²) in [6.07, 6.45) is 2.93. The second-order valence-electron chi connectivity index (χ2n) is 5.60. The summed E-state index contributed by atoms with van der Waals surface area (Å²) in [5.74, 6) is 0.789. The maximum atomic E-state index is 10.9. The number of rotatable bonds is 3. The summed E-state index contributed by atoms with van der Waals surface area (Å²) < 4.78 is 6.57. The summed E-state index contributed by atoms with van der Waals surface area (Å²) in [4.78, 5) is 2.46. The van der Waals surface area contributed by atoms with E-state index in [1.54, 1.807) is 18.4 Å². The van der Waals surface area contributed by atoms with Gasteiger partial charge in [0.1, 0.15) is 11.9 Å². The van der Waals surface area contributed by atoms with Crippen LogP contribution >= 0.6 is 27.3 Å². The maximum Gasteiger partial charge on any atom is 0.128 e. The number of fused-ring (bicyclic) bond motifs is 1. The van der Waals surface area contributed by atoms with Gasteiger partial charge < -0.3 is 9.84 Å². The number of hydrogen-bond acceptors (Lipinski definition) is 3. The van der Waals surface area contributed by atoms with E-state index in [1.807, 2.05) is 19.9 Å². The highest BCUT2D eigenvalue weighted by Gasteiger charge is 2.25. The molecular weight excluding hydrogens is 348 g/mol. The second kappa shape index (κ2) is 5.75. The Morgan fingerprint density at radius 1 is 1.29 bits per heavy atom. The minimum absolute atomic E-state index is 0.619. The smallest absolute Gasteiger partial charge is 0.128 e. The van der Waals surface area contributed by atoms with E-state index in [1.165, 1.54) is 16.9 Å². The van der Waals surface area contributed by atoms with E-state index >= 15 is 0 Å². The molecule has 2 nitrogen and oxygen atoms in total. The Kier molecular flexibility index (Phi) is 4.12. The molecule has 4 heteroatoms. The molecule has 112 valence electrons. The lowest BCUT2D eigenvalue weighted by Crippen LogP contribution is -2.05. The third-order valence-electron chi connectivity index (χ3n) is 4.22. The van der Waals surface area contributed by atoms with Gasteiger partial charge in [-0.15, -0.1) is 11.3 Å². The zero-order valence-corrected chi connectivity index (χ0v) is 14.9. The number of hydrogen-bond donors (Lipinski definition) is 1. The minimum atomic E-state index is -0.619. The van der Waals surface area contributed by atoms with Crippen molar-refractivity contribution < 1.29 is 9.84 Å². The molecule has 1 atom stereocenters. The van der Waals surface area contributed by atoms with Gasteiger partial charge in [-0.1, -0.05) is 15.9 Å². The van der Waals surface area contributed by atoms with E-state index in [0.29, 0.717) is 0 Å². The van der Waals surface area contributed by atoms with Gasteiger partial charge in [0.25, 0.3) is 0 Å². The highest BCUT2D eigenvalue weighted by Crippen LogP contribution is 2.42. The van der Waals surface area contributed by atoms with Gasteiger partial charge in [0.15, 0.2) is 0 Å². The number of aliphatic hydroxyl groups excluding tert-OH is 1.